The molecule has 1 aromatic rings. The van der Waals surface area contributed by atoms with Crippen LogP contribution in [0.5, 0.6) is 0 Å². The van der Waals surface area contributed by atoms with Crippen LogP contribution in [0.2, 0.25) is 19.6 Å². The molecule has 0 aromatic heterocycles. The summed E-state index contributed by atoms with van der Waals surface area (Å²) >= 11 is 0. The summed E-state index contributed by atoms with van der Waals surface area (Å²) in [5.41, 5.74) is 0. The fraction of sp³-hybridized carbons (Fsp3) is 0.643. The van der Waals surface area contributed by atoms with Gasteiger partial charge in [0.1, 0.15) is 0 Å². The van der Waals surface area contributed by atoms with Gasteiger partial charge in [0.05, 0.1) is 0 Å². The Morgan fingerprint density at radius 3 is 1.11 bits per heavy atom. The van der Waals surface area contributed by atoms with E-state index in [9.17, 15) is 0 Å². The van der Waals surface area contributed by atoms with Crippen LogP contribution in [0.15, 0.2) is 24.3 Å². The van der Waals surface area contributed by atoms with Crippen molar-refractivity contribution in [1.29, 1.82) is 0 Å². The Labute approximate surface area is 138 Å². The van der Waals surface area contributed by atoms with Crippen molar-refractivity contribution in [2.75, 3.05) is 19.8 Å². The van der Waals surface area contributed by atoms with Crippen LogP contribution in [-0.4, -0.2) is 43.2 Å². The third kappa shape index (κ3) is 27.5. The molecule has 0 atom stereocenters. The van der Waals surface area contributed by atoms with Gasteiger partial charge < -0.3 is 15.3 Å². The van der Waals surface area contributed by atoms with Crippen molar-refractivity contribution in [2.24, 2.45) is 0 Å². The standard InChI is InChI=1S/C8H13Si.3C2H6O.Hf/c1-9(2,3)8-6-4-5-7-8;3*1-2-3;/h4-7H,1-3H3;3*3H,2H2,1H3;/q-1;;;;. The van der Waals surface area contributed by atoms with E-state index >= 15 is 0 Å². The van der Waals surface area contributed by atoms with Crippen LogP contribution in [0.1, 0.15) is 20.8 Å². The molecule has 3 N–H and O–H groups in total. The average Bonchev–Trinajstić information content (AvgIpc) is 2.72. The van der Waals surface area contributed by atoms with Crippen LogP contribution in [0.4, 0.5) is 0 Å². The van der Waals surface area contributed by atoms with Gasteiger partial charge in [0, 0.05) is 53.7 Å². The predicted molar refractivity (Wildman–Crippen MR) is 83.3 cm³/mol. The van der Waals surface area contributed by atoms with Crippen molar-refractivity contribution in [3.05, 3.63) is 24.3 Å². The Bertz CT molecular complexity index is 216. The molecule has 3 nitrogen and oxygen atoms in total. The minimum absolute atomic E-state index is 0. The number of hydrogen-bond acceptors (Lipinski definition) is 3. The maximum absolute atomic E-state index is 7.57. The molecule has 0 aliphatic carbocycles. The van der Waals surface area contributed by atoms with Gasteiger partial charge in [0.15, 0.2) is 0 Å². The van der Waals surface area contributed by atoms with Crippen LogP contribution < -0.4 is 5.19 Å². The molecule has 0 radical (unpaired) electrons. The fourth-order valence-electron chi connectivity index (χ4n) is 0.874. The maximum atomic E-state index is 7.57. The Kier molecular flexibility index (Phi) is 30.0. The molecule has 19 heavy (non-hydrogen) atoms. The number of hydrogen-bond donors (Lipinski definition) is 3. The van der Waals surface area contributed by atoms with E-state index in [0.29, 0.717) is 0 Å². The van der Waals surface area contributed by atoms with Crippen LogP contribution in [-0.2, 0) is 25.8 Å². The third-order valence-corrected chi connectivity index (χ3v) is 3.59. The van der Waals surface area contributed by atoms with Gasteiger partial charge in [-0.1, -0.05) is 19.6 Å². The first kappa shape index (κ1) is 27.6. The molecule has 1 aromatic carbocycles. The van der Waals surface area contributed by atoms with E-state index in [1.165, 1.54) is 0 Å². The van der Waals surface area contributed by atoms with Gasteiger partial charge in [-0.05, 0) is 20.8 Å². The van der Waals surface area contributed by atoms with Gasteiger partial charge in [-0.25, -0.2) is 12.1 Å². The maximum Gasteiger partial charge on any atom is 0.0402 e. The summed E-state index contributed by atoms with van der Waals surface area (Å²) in [6.07, 6.45) is 0. The van der Waals surface area contributed by atoms with Crippen LogP contribution in [0, 0.1) is 0 Å². The zero-order chi connectivity index (χ0) is 15.0. The van der Waals surface area contributed by atoms with Crippen molar-refractivity contribution in [2.45, 2.75) is 40.4 Å². The van der Waals surface area contributed by atoms with E-state index in [0.717, 1.165) is 0 Å². The largest absolute Gasteiger partial charge is 0.397 e. The zero-order valence-electron chi connectivity index (χ0n) is 13.3. The van der Waals surface area contributed by atoms with E-state index in [1.54, 1.807) is 26.0 Å². The Morgan fingerprint density at radius 2 is 1.00 bits per heavy atom. The number of aliphatic hydroxyl groups excluding tert-OH is 3. The first-order chi connectivity index (χ1) is 8.35. The molecule has 0 spiro atoms. The molecular weight excluding hydrogens is 423 g/mol. The predicted octanol–water partition coefficient (Wildman–Crippen LogP) is 1.94. The summed E-state index contributed by atoms with van der Waals surface area (Å²) in [6, 6.07) is 8.69. The Hall–Kier alpha value is 0.317. The summed E-state index contributed by atoms with van der Waals surface area (Å²) < 4.78 is 0. The monoisotopic (exact) mass is 455 g/mol. The van der Waals surface area contributed by atoms with Crippen molar-refractivity contribution < 1.29 is 41.2 Å². The van der Waals surface area contributed by atoms with Crippen molar-refractivity contribution in [3.8, 4) is 0 Å². The fourth-order valence-corrected chi connectivity index (χ4v) is 2.07. The average molecular weight is 454 g/mol. The van der Waals surface area contributed by atoms with Crippen LogP contribution >= 0.6 is 0 Å². The quantitative estimate of drug-likeness (QED) is 0.450. The first-order valence-corrected chi connectivity index (χ1v) is 9.90. The molecule has 0 unspecified atom stereocenters. The second-order valence-electron chi connectivity index (χ2n) is 4.37. The summed E-state index contributed by atoms with van der Waals surface area (Å²) in [6.45, 7) is 12.9. The van der Waals surface area contributed by atoms with Crippen LogP contribution in [0.25, 0.3) is 0 Å². The molecule has 1 rings (SSSR count). The van der Waals surface area contributed by atoms with Gasteiger partial charge in [0.25, 0.3) is 0 Å². The Balaban J connectivity index is -0.0000000956. The van der Waals surface area contributed by atoms with Crippen LogP contribution in [0.3, 0.4) is 0 Å². The first-order valence-electron chi connectivity index (χ1n) is 6.40. The smallest absolute Gasteiger partial charge is 0.0402 e. The summed E-state index contributed by atoms with van der Waals surface area (Å²) in [4.78, 5) is 0. The van der Waals surface area contributed by atoms with Gasteiger partial charge in [-0.2, -0.15) is 17.3 Å². The van der Waals surface area contributed by atoms with E-state index in [1.807, 2.05) is 0 Å². The molecule has 0 heterocycles. The molecule has 114 valence electrons. The molecule has 0 bridgehead atoms. The molecule has 0 fully saturated rings. The molecule has 0 aliphatic heterocycles. The summed E-state index contributed by atoms with van der Waals surface area (Å²) in [5, 5.41) is 24.3. The summed E-state index contributed by atoms with van der Waals surface area (Å²) in [5.74, 6) is 0. The van der Waals surface area contributed by atoms with E-state index < -0.39 is 8.07 Å². The molecule has 5 heteroatoms. The number of aliphatic hydroxyl groups is 3. The van der Waals surface area contributed by atoms with Gasteiger partial charge in [-0.3, -0.25) is 0 Å². The molecule has 0 aliphatic rings. The number of rotatable bonds is 1. The SMILES string of the molecule is CCO.CCO.CCO.C[Si](C)(C)[c-]1cccc1.[Hf]. The van der Waals surface area contributed by atoms with E-state index in [4.69, 9.17) is 15.3 Å². The Morgan fingerprint density at radius 1 is 0.789 bits per heavy atom. The normalized spacial score (nSPS) is 8.47. The molecule has 0 saturated heterocycles. The van der Waals surface area contributed by atoms with E-state index in [-0.39, 0.29) is 45.7 Å². The molecular formula is C14H31HfO3Si-. The molecule has 0 amide bonds. The van der Waals surface area contributed by atoms with Crippen molar-refractivity contribution >= 4 is 13.3 Å². The third-order valence-electron chi connectivity index (χ3n) is 1.53. The minimum Gasteiger partial charge on any atom is -0.397 e. The van der Waals surface area contributed by atoms with Gasteiger partial charge in [0.2, 0.25) is 0 Å². The van der Waals surface area contributed by atoms with Crippen molar-refractivity contribution in [1.82, 2.24) is 0 Å². The van der Waals surface area contributed by atoms with Gasteiger partial charge in [-0.15, -0.1) is 0 Å². The zero-order valence-corrected chi connectivity index (χ0v) is 17.9. The molecule has 0 saturated carbocycles. The summed E-state index contributed by atoms with van der Waals surface area (Å²) in [7, 11) is -0.981. The van der Waals surface area contributed by atoms with Crippen molar-refractivity contribution in [3.63, 3.8) is 0 Å². The van der Waals surface area contributed by atoms with Gasteiger partial charge >= 0.3 is 0 Å². The second-order valence-corrected chi connectivity index (χ2v) is 9.45. The minimum atomic E-state index is -0.981. The second kappa shape index (κ2) is 20.6. The van der Waals surface area contributed by atoms with E-state index in [2.05, 4.69) is 43.9 Å². The topological polar surface area (TPSA) is 60.7 Å².